The molecule has 0 bridgehead atoms. The quantitative estimate of drug-likeness (QED) is 0.168. The van der Waals surface area contributed by atoms with Crippen LogP contribution in [-0.4, -0.2) is 20.5 Å². The predicted octanol–water partition coefficient (Wildman–Crippen LogP) is 13.3. The molecule has 4 aliphatic rings. The van der Waals surface area contributed by atoms with Gasteiger partial charge in [-0.3, -0.25) is 0 Å². The molecular formula is C40H70O2. The topological polar surface area (TPSA) is 18.5 Å². The van der Waals surface area contributed by atoms with Crippen LogP contribution in [0.2, 0.25) is 0 Å². The maximum Gasteiger partial charge on any atom is 0.156 e. The lowest BCUT2D eigenvalue weighted by molar-refractivity contribution is -0.107. The molecule has 0 saturated carbocycles. The molecule has 2 heteroatoms. The maximum atomic E-state index is 5.12. The highest BCUT2D eigenvalue weighted by Gasteiger charge is 2.11. The molecule has 0 aromatic rings. The van der Waals surface area contributed by atoms with Crippen LogP contribution in [0.3, 0.4) is 0 Å². The van der Waals surface area contributed by atoms with Crippen LogP contribution < -0.4 is 0 Å². The van der Waals surface area contributed by atoms with Crippen LogP contribution >= 0.6 is 0 Å². The van der Waals surface area contributed by atoms with Crippen molar-refractivity contribution in [2.75, 3.05) is 14.2 Å². The van der Waals surface area contributed by atoms with E-state index in [-0.39, 0.29) is 6.29 Å². The summed E-state index contributed by atoms with van der Waals surface area (Å²) in [4.78, 5) is 0. The molecule has 4 rings (SSSR count). The third-order valence-corrected chi connectivity index (χ3v) is 9.56. The van der Waals surface area contributed by atoms with Crippen LogP contribution in [0, 0.1) is 0 Å². The molecule has 0 aliphatic heterocycles. The van der Waals surface area contributed by atoms with Crippen LogP contribution in [0.25, 0.3) is 0 Å². The predicted molar refractivity (Wildman–Crippen MR) is 185 cm³/mol. The van der Waals surface area contributed by atoms with Crippen molar-refractivity contribution < 1.29 is 9.47 Å². The average molecular weight is 583 g/mol. The van der Waals surface area contributed by atoms with Crippen molar-refractivity contribution in [1.29, 1.82) is 0 Å². The first-order valence-corrected chi connectivity index (χ1v) is 18.6. The molecular weight excluding hydrogens is 512 g/mol. The molecule has 0 amide bonds. The molecule has 4 aliphatic carbocycles. The lowest BCUT2D eigenvalue weighted by Gasteiger charge is -2.12. The number of allylic oxidation sites excluding steroid dienone is 8. The first-order chi connectivity index (χ1) is 20.8. The number of unbranched alkanes of at least 4 members (excludes halogenated alkanes) is 6. The third kappa shape index (κ3) is 17.9. The minimum atomic E-state index is 0.00522. The fraction of sp³-hybridized carbons (Fsp3) is 0.800. The van der Waals surface area contributed by atoms with Crippen molar-refractivity contribution in [3.63, 3.8) is 0 Å². The fourth-order valence-electron chi connectivity index (χ4n) is 6.83. The molecule has 0 N–H and O–H groups in total. The Morgan fingerprint density at radius 2 is 0.786 bits per heavy atom. The van der Waals surface area contributed by atoms with Crippen LogP contribution in [0.15, 0.2) is 46.6 Å². The van der Waals surface area contributed by atoms with Gasteiger partial charge < -0.3 is 9.47 Å². The molecule has 0 spiro atoms. The van der Waals surface area contributed by atoms with E-state index >= 15 is 0 Å². The summed E-state index contributed by atoms with van der Waals surface area (Å²) in [6.07, 6.45) is 48.3. The van der Waals surface area contributed by atoms with Gasteiger partial charge in [0.15, 0.2) is 6.29 Å². The Morgan fingerprint density at radius 1 is 0.452 bits per heavy atom. The van der Waals surface area contributed by atoms with Crippen molar-refractivity contribution in [1.82, 2.24) is 0 Å². The highest BCUT2D eigenvalue weighted by molar-refractivity contribution is 5.32. The van der Waals surface area contributed by atoms with Gasteiger partial charge >= 0.3 is 0 Å². The Kier molecular flexibility index (Phi) is 23.2. The smallest absolute Gasteiger partial charge is 0.156 e. The van der Waals surface area contributed by atoms with Gasteiger partial charge in [-0.05, 0) is 138 Å². The van der Waals surface area contributed by atoms with Gasteiger partial charge in [-0.1, -0.05) is 95.4 Å². The standard InChI is InChI=1S/2C14H22.C12H26O2/c2*1-2-6-10-13(9-5-1)14-11-7-3-4-8-12-14;1-4-5-6-7-8-9-10-11-12(13-2)14-3/h2*9,11H,1-8,10,12H2;12H,4-11H2,1-3H3. The van der Waals surface area contributed by atoms with Gasteiger partial charge in [-0.15, -0.1) is 0 Å². The molecule has 2 nitrogen and oxygen atoms in total. The summed E-state index contributed by atoms with van der Waals surface area (Å²) < 4.78 is 10.2. The van der Waals surface area contributed by atoms with Gasteiger partial charge in [0.2, 0.25) is 0 Å². The maximum absolute atomic E-state index is 5.12. The van der Waals surface area contributed by atoms with E-state index in [1.165, 1.54) is 173 Å². The molecule has 0 atom stereocenters. The number of hydrogen-bond donors (Lipinski definition) is 0. The van der Waals surface area contributed by atoms with Crippen molar-refractivity contribution in [3.05, 3.63) is 46.6 Å². The van der Waals surface area contributed by atoms with E-state index in [4.69, 9.17) is 9.47 Å². The molecule has 0 unspecified atom stereocenters. The van der Waals surface area contributed by atoms with Gasteiger partial charge in [0, 0.05) is 14.2 Å². The van der Waals surface area contributed by atoms with E-state index in [1.807, 2.05) is 0 Å². The average Bonchev–Trinajstić information content (AvgIpc) is 3.64. The molecule has 0 fully saturated rings. The summed E-state index contributed by atoms with van der Waals surface area (Å²) in [6.45, 7) is 2.25. The van der Waals surface area contributed by atoms with Crippen molar-refractivity contribution in [2.45, 2.75) is 193 Å². The van der Waals surface area contributed by atoms with Gasteiger partial charge in [0.05, 0.1) is 0 Å². The summed E-state index contributed by atoms with van der Waals surface area (Å²) in [5.74, 6) is 0. The molecule has 0 saturated heterocycles. The molecule has 0 aromatic heterocycles. The molecule has 0 radical (unpaired) electrons. The zero-order valence-corrected chi connectivity index (χ0v) is 28.5. The lowest BCUT2D eigenvalue weighted by atomic mass is 9.97. The zero-order valence-electron chi connectivity index (χ0n) is 28.5. The van der Waals surface area contributed by atoms with Crippen molar-refractivity contribution >= 4 is 0 Å². The van der Waals surface area contributed by atoms with Gasteiger partial charge in [-0.2, -0.15) is 0 Å². The molecule has 42 heavy (non-hydrogen) atoms. The summed E-state index contributed by atoms with van der Waals surface area (Å²) in [7, 11) is 3.41. The number of ether oxygens (including phenoxy) is 2. The lowest BCUT2D eigenvalue weighted by Crippen LogP contribution is -2.12. The van der Waals surface area contributed by atoms with Gasteiger partial charge in [-0.25, -0.2) is 0 Å². The van der Waals surface area contributed by atoms with Crippen LogP contribution in [0.1, 0.15) is 187 Å². The van der Waals surface area contributed by atoms with E-state index < -0.39 is 0 Å². The Labute approximate surface area is 262 Å². The highest BCUT2D eigenvalue weighted by Crippen LogP contribution is 2.30. The molecule has 0 heterocycles. The minimum absolute atomic E-state index is 0.00522. The summed E-state index contributed by atoms with van der Waals surface area (Å²) in [5, 5.41) is 0. The highest BCUT2D eigenvalue weighted by atomic mass is 16.7. The van der Waals surface area contributed by atoms with Crippen LogP contribution in [-0.2, 0) is 9.47 Å². The zero-order chi connectivity index (χ0) is 29.9. The Balaban J connectivity index is 0.000000220. The van der Waals surface area contributed by atoms with Crippen LogP contribution in [0.4, 0.5) is 0 Å². The largest absolute Gasteiger partial charge is 0.356 e. The summed E-state index contributed by atoms with van der Waals surface area (Å²) in [5.41, 5.74) is 6.79. The van der Waals surface area contributed by atoms with E-state index in [0.717, 1.165) is 6.42 Å². The molecule has 242 valence electrons. The van der Waals surface area contributed by atoms with Gasteiger partial charge in [0.25, 0.3) is 0 Å². The number of hydrogen-bond acceptors (Lipinski definition) is 2. The van der Waals surface area contributed by atoms with E-state index in [2.05, 4.69) is 31.2 Å². The monoisotopic (exact) mass is 583 g/mol. The van der Waals surface area contributed by atoms with Gasteiger partial charge in [0.1, 0.15) is 0 Å². The summed E-state index contributed by atoms with van der Waals surface area (Å²) >= 11 is 0. The Bertz CT molecular complexity index is 663. The Morgan fingerprint density at radius 3 is 1.12 bits per heavy atom. The van der Waals surface area contributed by atoms with Crippen molar-refractivity contribution in [2.24, 2.45) is 0 Å². The van der Waals surface area contributed by atoms with Crippen molar-refractivity contribution in [3.8, 4) is 0 Å². The second kappa shape index (κ2) is 26.3. The van der Waals surface area contributed by atoms with E-state index in [9.17, 15) is 0 Å². The first-order valence-electron chi connectivity index (χ1n) is 18.6. The number of rotatable bonds is 12. The van der Waals surface area contributed by atoms with Crippen LogP contribution in [0.5, 0.6) is 0 Å². The SMILES string of the molecule is C1=C(C2=CCCCCC2)CCCCC1.C1=C(C2=CCCCCC2)CCCCC1.CCCCCCCCCC(OC)OC. The first kappa shape index (κ1) is 37.1. The van der Waals surface area contributed by atoms with E-state index in [1.54, 1.807) is 36.5 Å². The van der Waals surface area contributed by atoms with E-state index in [0.29, 0.717) is 0 Å². The minimum Gasteiger partial charge on any atom is -0.356 e. The molecule has 0 aromatic carbocycles. The second-order valence-electron chi connectivity index (χ2n) is 13.1. The normalized spacial score (nSPS) is 20.1. The third-order valence-electron chi connectivity index (χ3n) is 9.56. The second-order valence-corrected chi connectivity index (χ2v) is 13.1. The fourth-order valence-corrected chi connectivity index (χ4v) is 6.83. The summed E-state index contributed by atoms with van der Waals surface area (Å²) in [6, 6.07) is 0. The Hall–Kier alpha value is -1.12. The number of methoxy groups -OCH3 is 2.